The van der Waals surface area contributed by atoms with Crippen molar-refractivity contribution in [2.75, 3.05) is 7.11 Å². The third-order valence-electron chi connectivity index (χ3n) is 4.31. The van der Waals surface area contributed by atoms with Gasteiger partial charge in [0.05, 0.1) is 18.2 Å². The largest absolute Gasteiger partial charge is 0.465 e. The molecule has 5 heteroatoms. The summed E-state index contributed by atoms with van der Waals surface area (Å²) in [5, 5.41) is 0. The molecule has 1 atom stereocenters. The predicted octanol–water partition coefficient (Wildman–Crippen LogP) is 3.83. The minimum absolute atomic E-state index is 0.0656. The summed E-state index contributed by atoms with van der Waals surface area (Å²) in [6, 6.07) is 9.91. The first-order valence-electron chi connectivity index (χ1n) is 8.26. The maximum atomic E-state index is 12.7. The van der Waals surface area contributed by atoms with Crippen LogP contribution in [0.1, 0.15) is 54.7 Å². The van der Waals surface area contributed by atoms with E-state index in [1.807, 2.05) is 26.8 Å². The maximum absolute atomic E-state index is 12.7. The molecule has 0 saturated carbocycles. The van der Waals surface area contributed by atoms with E-state index in [9.17, 15) is 14.4 Å². The van der Waals surface area contributed by atoms with Crippen LogP contribution in [0.25, 0.3) is 0 Å². The summed E-state index contributed by atoms with van der Waals surface area (Å²) in [6.45, 7) is 7.27. The molecule has 0 radical (unpaired) electrons. The molecular weight excluding hydrogens is 332 g/mol. The molecule has 0 aromatic heterocycles. The lowest BCUT2D eigenvalue weighted by Crippen LogP contribution is -2.26. The molecule has 1 unspecified atom stereocenters. The Morgan fingerprint density at radius 2 is 1.35 bits per heavy atom. The van der Waals surface area contributed by atoms with E-state index in [0.717, 1.165) is 16.7 Å². The zero-order valence-electron chi connectivity index (χ0n) is 15.6. The Balaban J connectivity index is 2.24. The van der Waals surface area contributed by atoms with Gasteiger partial charge in [-0.2, -0.15) is 0 Å². The molecule has 0 bridgehead atoms. The number of benzene rings is 2. The van der Waals surface area contributed by atoms with E-state index in [4.69, 9.17) is 4.74 Å². The van der Waals surface area contributed by atoms with Gasteiger partial charge in [0.25, 0.3) is 0 Å². The number of hydrogen-bond acceptors (Lipinski definition) is 5. The molecule has 0 heterocycles. The summed E-state index contributed by atoms with van der Waals surface area (Å²) in [7, 11) is 1.24. The van der Waals surface area contributed by atoms with Crippen molar-refractivity contribution in [3.8, 4) is 0 Å². The van der Waals surface area contributed by atoms with Gasteiger partial charge in [-0.1, -0.05) is 18.2 Å². The van der Waals surface area contributed by atoms with Crippen molar-refractivity contribution in [3.05, 3.63) is 69.8 Å². The van der Waals surface area contributed by atoms with E-state index in [-0.39, 0.29) is 16.9 Å². The maximum Gasteiger partial charge on any atom is 0.339 e. The van der Waals surface area contributed by atoms with Gasteiger partial charge < -0.3 is 9.47 Å². The first kappa shape index (κ1) is 19.4. The van der Waals surface area contributed by atoms with Gasteiger partial charge in [0, 0.05) is 5.56 Å². The molecule has 5 nitrogen and oxygen atoms in total. The van der Waals surface area contributed by atoms with Crippen LogP contribution in [-0.2, 0) is 9.47 Å². The number of esters is 2. The van der Waals surface area contributed by atoms with Crippen molar-refractivity contribution in [2.24, 2.45) is 0 Å². The van der Waals surface area contributed by atoms with Gasteiger partial charge in [-0.05, 0) is 62.6 Å². The monoisotopic (exact) mass is 354 g/mol. The summed E-state index contributed by atoms with van der Waals surface area (Å²) in [5.74, 6) is -1.66. The molecule has 2 aromatic rings. The Labute approximate surface area is 152 Å². The van der Waals surface area contributed by atoms with Crippen molar-refractivity contribution in [2.45, 2.75) is 33.8 Å². The Kier molecular flexibility index (Phi) is 5.93. The van der Waals surface area contributed by atoms with Crippen molar-refractivity contribution in [1.82, 2.24) is 0 Å². The fourth-order valence-electron chi connectivity index (χ4n) is 2.67. The Morgan fingerprint density at radius 3 is 1.92 bits per heavy atom. The van der Waals surface area contributed by atoms with Crippen LogP contribution >= 0.6 is 0 Å². The molecular formula is C21H22O5. The van der Waals surface area contributed by atoms with Gasteiger partial charge >= 0.3 is 11.9 Å². The van der Waals surface area contributed by atoms with Gasteiger partial charge in [0.2, 0.25) is 5.78 Å². The van der Waals surface area contributed by atoms with Crippen molar-refractivity contribution < 1.29 is 23.9 Å². The highest BCUT2D eigenvalue weighted by molar-refractivity contribution is 6.05. The lowest BCUT2D eigenvalue weighted by molar-refractivity contribution is 0.0313. The fourth-order valence-corrected chi connectivity index (χ4v) is 2.67. The van der Waals surface area contributed by atoms with Crippen LogP contribution in [0.15, 0.2) is 36.4 Å². The second-order valence-corrected chi connectivity index (χ2v) is 6.20. The highest BCUT2D eigenvalue weighted by atomic mass is 16.5. The topological polar surface area (TPSA) is 69.7 Å². The minimum Gasteiger partial charge on any atom is -0.465 e. The van der Waals surface area contributed by atoms with E-state index in [1.165, 1.54) is 26.2 Å². The first-order valence-corrected chi connectivity index (χ1v) is 8.26. The molecule has 26 heavy (non-hydrogen) atoms. The highest BCUT2D eigenvalue weighted by Crippen LogP contribution is 2.19. The number of rotatable bonds is 5. The number of Topliss-reactive ketones (excluding diaryl/α,β-unsaturated/α-hetero) is 1. The third-order valence-corrected chi connectivity index (χ3v) is 4.31. The lowest BCUT2D eigenvalue weighted by atomic mass is 9.96. The second-order valence-electron chi connectivity index (χ2n) is 6.20. The number of ether oxygens (including phenoxy) is 2. The quantitative estimate of drug-likeness (QED) is 0.603. The van der Waals surface area contributed by atoms with Gasteiger partial charge in [-0.3, -0.25) is 4.79 Å². The van der Waals surface area contributed by atoms with E-state index in [0.29, 0.717) is 5.56 Å². The highest BCUT2D eigenvalue weighted by Gasteiger charge is 2.25. The average Bonchev–Trinajstić information content (AvgIpc) is 2.63. The van der Waals surface area contributed by atoms with E-state index < -0.39 is 18.0 Å². The number of methoxy groups -OCH3 is 1. The first-order chi connectivity index (χ1) is 12.3. The van der Waals surface area contributed by atoms with Crippen molar-refractivity contribution in [1.29, 1.82) is 0 Å². The molecule has 0 saturated heterocycles. The minimum atomic E-state index is -0.978. The number of carbonyl (C=O) groups excluding carboxylic acids is 3. The van der Waals surface area contributed by atoms with Crippen LogP contribution in [0.5, 0.6) is 0 Å². The predicted molar refractivity (Wildman–Crippen MR) is 97.6 cm³/mol. The van der Waals surface area contributed by atoms with E-state index >= 15 is 0 Å². The van der Waals surface area contributed by atoms with Crippen LogP contribution in [0.3, 0.4) is 0 Å². The van der Waals surface area contributed by atoms with Crippen LogP contribution < -0.4 is 0 Å². The Morgan fingerprint density at radius 1 is 0.808 bits per heavy atom. The van der Waals surface area contributed by atoms with Gasteiger partial charge in [0.15, 0.2) is 6.10 Å². The molecule has 0 spiro atoms. The van der Waals surface area contributed by atoms with Crippen LogP contribution in [0, 0.1) is 20.8 Å². The second kappa shape index (κ2) is 7.95. The van der Waals surface area contributed by atoms with Gasteiger partial charge in [-0.25, -0.2) is 9.59 Å². The summed E-state index contributed by atoms with van der Waals surface area (Å²) in [4.78, 5) is 37.0. The molecule has 2 aromatic carbocycles. The van der Waals surface area contributed by atoms with Crippen LogP contribution in [-0.4, -0.2) is 30.9 Å². The molecule has 0 N–H and O–H groups in total. The van der Waals surface area contributed by atoms with Crippen molar-refractivity contribution in [3.63, 3.8) is 0 Å². The third kappa shape index (κ3) is 3.99. The summed E-state index contributed by atoms with van der Waals surface area (Å²) in [6.07, 6.45) is -0.978. The van der Waals surface area contributed by atoms with Crippen LogP contribution in [0.2, 0.25) is 0 Å². The standard InChI is InChI=1S/C21H22O5/c1-12-10-14(3)18(11-13(12)2)19(22)15(4)26-21(24)17-9-7-6-8-16(17)20(23)25-5/h6-11,15H,1-5H3. The van der Waals surface area contributed by atoms with Gasteiger partial charge in [-0.15, -0.1) is 0 Å². The molecule has 0 fully saturated rings. The van der Waals surface area contributed by atoms with E-state index in [2.05, 4.69) is 4.74 Å². The summed E-state index contributed by atoms with van der Waals surface area (Å²) >= 11 is 0. The zero-order chi connectivity index (χ0) is 19.4. The molecule has 0 aliphatic rings. The number of hydrogen-bond donors (Lipinski definition) is 0. The average molecular weight is 354 g/mol. The van der Waals surface area contributed by atoms with Crippen LogP contribution in [0.4, 0.5) is 0 Å². The smallest absolute Gasteiger partial charge is 0.339 e. The number of carbonyl (C=O) groups is 3. The SMILES string of the molecule is COC(=O)c1ccccc1C(=O)OC(C)C(=O)c1cc(C)c(C)cc1C. The fraction of sp³-hybridized carbons (Fsp3) is 0.286. The number of aryl methyl sites for hydroxylation is 3. The lowest BCUT2D eigenvalue weighted by Gasteiger charge is -2.16. The molecule has 0 aliphatic heterocycles. The molecule has 0 aliphatic carbocycles. The van der Waals surface area contributed by atoms with Gasteiger partial charge in [0.1, 0.15) is 0 Å². The summed E-state index contributed by atoms with van der Waals surface area (Å²) < 4.78 is 9.99. The van der Waals surface area contributed by atoms with E-state index in [1.54, 1.807) is 18.2 Å². The molecule has 2 rings (SSSR count). The number of ketones is 1. The Hall–Kier alpha value is -2.95. The Bertz CT molecular complexity index is 867. The molecule has 0 amide bonds. The normalized spacial score (nSPS) is 11.6. The molecule has 136 valence electrons. The van der Waals surface area contributed by atoms with Crippen molar-refractivity contribution >= 4 is 17.7 Å². The summed E-state index contributed by atoms with van der Waals surface area (Å²) in [5.41, 5.74) is 3.60. The zero-order valence-corrected chi connectivity index (χ0v) is 15.6.